The van der Waals surface area contributed by atoms with E-state index in [0.29, 0.717) is 26.1 Å². The topological polar surface area (TPSA) is 60.9 Å². The first kappa shape index (κ1) is 14.9. The number of sulfonamides is 1. The zero-order valence-corrected chi connectivity index (χ0v) is 11.6. The van der Waals surface area contributed by atoms with E-state index in [2.05, 4.69) is 4.90 Å². The van der Waals surface area contributed by atoms with Gasteiger partial charge in [0.25, 0.3) is 0 Å². The maximum absolute atomic E-state index is 11.8. The summed E-state index contributed by atoms with van der Waals surface area (Å²) in [6.07, 6.45) is 1.11. The highest BCUT2D eigenvalue weighted by Gasteiger charge is 2.26. The first-order valence-electron chi connectivity index (χ1n) is 6.37. The lowest BCUT2D eigenvalue weighted by Gasteiger charge is -2.34. The van der Waals surface area contributed by atoms with E-state index >= 15 is 0 Å². The maximum Gasteiger partial charge on any atom is 0.214 e. The van der Waals surface area contributed by atoms with Gasteiger partial charge in [0.1, 0.15) is 0 Å². The smallest absolute Gasteiger partial charge is 0.214 e. The van der Waals surface area contributed by atoms with Crippen LogP contribution in [0.2, 0.25) is 0 Å². The van der Waals surface area contributed by atoms with Crippen LogP contribution in [0.3, 0.4) is 0 Å². The van der Waals surface area contributed by atoms with Crippen molar-refractivity contribution in [1.29, 1.82) is 0 Å². The molecule has 1 atom stereocenters. The minimum absolute atomic E-state index is 0.241. The van der Waals surface area contributed by atoms with Crippen LogP contribution in [0.15, 0.2) is 0 Å². The molecule has 102 valence electrons. The van der Waals surface area contributed by atoms with Crippen LogP contribution in [0.5, 0.6) is 0 Å². The summed E-state index contributed by atoms with van der Waals surface area (Å²) in [5, 5.41) is 9.55. The fourth-order valence-electron chi connectivity index (χ4n) is 2.00. The molecule has 1 aliphatic heterocycles. The van der Waals surface area contributed by atoms with Crippen LogP contribution in [0.1, 0.15) is 26.7 Å². The highest BCUT2D eigenvalue weighted by molar-refractivity contribution is 7.89. The Morgan fingerprint density at radius 2 is 1.76 bits per heavy atom. The van der Waals surface area contributed by atoms with E-state index in [1.54, 1.807) is 4.31 Å². The summed E-state index contributed by atoms with van der Waals surface area (Å²) in [5.74, 6) is 0.241. The van der Waals surface area contributed by atoms with Crippen LogP contribution in [-0.4, -0.2) is 67.3 Å². The van der Waals surface area contributed by atoms with Crippen molar-refractivity contribution in [2.45, 2.75) is 32.8 Å². The highest BCUT2D eigenvalue weighted by Crippen LogP contribution is 2.09. The quantitative estimate of drug-likeness (QED) is 0.740. The Morgan fingerprint density at radius 1 is 1.18 bits per heavy atom. The Kier molecular flexibility index (Phi) is 5.85. The summed E-state index contributed by atoms with van der Waals surface area (Å²) < 4.78 is 25.2. The maximum atomic E-state index is 11.8. The number of nitrogens with zero attached hydrogens (tertiary/aromatic N) is 2. The molecule has 0 aliphatic carbocycles. The molecule has 0 saturated carbocycles. The second-order valence-electron chi connectivity index (χ2n) is 4.58. The zero-order valence-electron chi connectivity index (χ0n) is 10.8. The van der Waals surface area contributed by atoms with Crippen LogP contribution in [0.4, 0.5) is 0 Å². The van der Waals surface area contributed by atoms with Crippen LogP contribution in [0, 0.1) is 0 Å². The van der Waals surface area contributed by atoms with Crippen molar-refractivity contribution in [2.75, 3.05) is 38.5 Å². The van der Waals surface area contributed by atoms with E-state index < -0.39 is 10.0 Å². The number of aliphatic hydroxyl groups is 1. The van der Waals surface area contributed by atoms with Gasteiger partial charge in [-0.15, -0.1) is 0 Å². The lowest BCUT2D eigenvalue weighted by molar-refractivity contribution is 0.0896. The second-order valence-corrected chi connectivity index (χ2v) is 6.67. The van der Waals surface area contributed by atoms with E-state index in [1.165, 1.54) is 0 Å². The van der Waals surface area contributed by atoms with Crippen LogP contribution in [-0.2, 0) is 10.0 Å². The van der Waals surface area contributed by atoms with Crippen molar-refractivity contribution in [1.82, 2.24) is 9.21 Å². The van der Waals surface area contributed by atoms with Crippen molar-refractivity contribution in [3.63, 3.8) is 0 Å². The summed E-state index contributed by atoms with van der Waals surface area (Å²) in [6, 6.07) is 0. The summed E-state index contributed by atoms with van der Waals surface area (Å²) in [6.45, 7) is 7.04. The second kappa shape index (κ2) is 6.68. The monoisotopic (exact) mass is 264 g/mol. The predicted molar refractivity (Wildman–Crippen MR) is 68.4 cm³/mol. The van der Waals surface area contributed by atoms with Gasteiger partial charge in [-0.3, -0.25) is 4.90 Å². The van der Waals surface area contributed by atoms with Gasteiger partial charge >= 0.3 is 0 Å². The molecule has 0 bridgehead atoms. The van der Waals surface area contributed by atoms with E-state index in [1.807, 2.05) is 13.8 Å². The van der Waals surface area contributed by atoms with Crippen molar-refractivity contribution in [2.24, 2.45) is 0 Å². The molecular formula is C11H24N2O3S. The molecule has 6 heteroatoms. The molecule has 1 fully saturated rings. The number of β-amino-alcohol motifs (C(OH)–C–C–N with tert-alkyl or cyclic N) is 1. The van der Waals surface area contributed by atoms with E-state index in [4.69, 9.17) is 0 Å². The lowest BCUT2D eigenvalue weighted by Crippen LogP contribution is -2.50. The molecule has 0 aromatic heterocycles. The molecule has 17 heavy (non-hydrogen) atoms. The van der Waals surface area contributed by atoms with E-state index in [9.17, 15) is 13.5 Å². The minimum atomic E-state index is -3.05. The molecule has 5 nitrogen and oxygen atoms in total. The number of aliphatic hydroxyl groups excluding tert-OH is 1. The third-order valence-electron chi connectivity index (χ3n) is 3.13. The Balaban J connectivity index is 2.40. The number of hydrogen-bond acceptors (Lipinski definition) is 4. The van der Waals surface area contributed by atoms with Gasteiger partial charge in [-0.25, -0.2) is 8.42 Å². The first-order chi connectivity index (χ1) is 7.99. The zero-order chi connectivity index (χ0) is 12.9. The molecule has 0 radical (unpaired) electrons. The molecular weight excluding hydrogens is 240 g/mol. The molecule has 0 aromatic carbocycles. The molecule has 0 amide bonds. The Morgan fingerprint density at radius 3 is 2.24 bits per heavy atom. The number of piperazine rings is 1. The molecule has 0 unspecified atom stereocenters. The van der Waals surface area contributed by atoms with E-state index in [0.717, 1.165) is 19.5 Å². The molecule has 0 aromatic rings. The molecule has 1 rings (SSSR count). The Bertz CT molecular complexity index is 311. The highest BCUT2D eigenvalue weighted by atomic mass is 32.2. The normalized spacial score (nSPS) is 21.6. The summed E-state index contributed by atoms with van der Waals surface area (Å²) in [4.78, 5) is 2.13. The Hall–Kier alpha value is -0.170. The predicted octanol–water partition coefficient (Wildman–Crippen LogP) is 0.115. The molecule has 1 saturated heterocycles. The standard InChI is InChI=1S/C11H24N2O3S/c1-3-9-17(15,16)13-7-5-12(6-8-13)10-11(14)4-2/h11,14H,3-10H2,1-2H3/t11-/m0/s1. The van der Waals surface area contributed by atoms with Gasteiger partial charge in [-0.05, 0) is 12.8 Å². The average molecular weight is 264 g/mol. The van der Waals surface area contributed by atoms with Gasteiger partial charge in [0.05, 0.1) is 11.9 Å². The molecule has 0 spiro atoms. The molecule has 1 heterocycles. The van der Waals surface area contributed by atoms with Gasteiger partial charge in [-0.2, -0.15) is 4.31 Å². The number of hydrogen-bond donors (Lipinski definition) is 1. The minimum Gasteiger partial charge on any atom is -0.392 e. The fourth-order valence-corrected chi connectivity index (χ4v) is 3.50. The third kappa shape index (κ3) is 4.54. The van der Waals surface area contributed by atoms with Crippen molar-refractivity contribution >= 4 is 10.0 Å². The largest absolute Gasteiger partial charge is 0.392 e. The van der Waals surface area contributed by atoms with Gasteiger partial charge in [0.2, 0.25) is 10.0 Å². The van der Waals surface area contributed by atoms with Gasteiger partial charge in [0.15, 0.2) is 0 Å². The Labute approximate surface area is 104 Å². The van der Waals surface area contributed by atoms with E-state index in [-0.39, 0.29) is 11.9 Å². The van der Waals surface area contributed by atoms with Crippen LogP contribution < -0.4 is 0 Å². The average Bonchev–Trinajstić information content (AvgIpc) is 2.29. The van der Waals surface area contributed by atoms with Crippen molar-refractivity contribution in [3.05, 3.63) is 0 Å². The number of rotatable bonds is 6. The van der Waals surface area contributed by atoms with Crippen LogP contribution in [0.25, 0.3) is 0 Å². The lowest BCUT2D eigenvalue weighted by atomic mass is 10.2. The SMILES string of the molecule is CCCS(=O)(=O)N1CCN(C[C@@H](O)CC)CC1. The van der Waals surface area contributed by atoms with Crippen LogP contribution >= 0.6 is 0 Å². The van der Waals surface area contributed by atoms with Gasteiger partial charge < -0.3 is 5.11 Å². The van der Waals surface area contributed by atoms with Gasteiger partial charge in [-0.1, -0.05) is 13.8 Å². The molecule has 1 N–H and O–H groups in total. The summed E-state index contributed by atoms with van der Waals surface area (Å²) >= 11 is 0. The summed E-state index contributed by atoms with van der Waals surface area (Å²) in [5.41, 5.74) is 0. The first-order valence-corrected chi connectivity index (χ1v) is 7.98. The third-order valence-corrected chi connectivity index (χ3v) is 5.20. The summed E-state index contributed by atoms with van der Waals surface area (Å²) in [7, 11) is -3.05. The van der Waals surface area contributed by atoms with Gasteiger partial charge in [0, 0.05) is 32.7 Å². The van der Waals surface area contributed by atoms with Crippen molar-refractivity contribution < 1.29 is 13.5 Å². The van der Waals surface area contributed by atoms with Crippen molar-refractivity contribution in [3.8, 4) is 0 Å². The fraction of sp³-hybridized carbons (Fsp3) is 1.00. The molecule has 1 aliphatic rings.